The molecule has 172 valence electrons. The van der Waals surface area contributed by atoms with Crippen molar-refractivity contribution in [1.29, 1.82) is 5.26 Å². The third-order valence-corrected chi connectivity index (χ3v) is 7.76. The van der Waals surface area contributed by atoms with Crippen LogP contribution in [0.5, 0.6) is 0 Å². The fraction of sp³-hybridized carbons (Fsp3) is 0.565. The van der Waals surface area contributed by atoms with E-state index in [1.807, 2.05) is 15.3 Å². The molecule has 3 aromatic rings. The minimum absolute atomic E-state index is 0.0930. The molecular formula is C23H26IN7O2. The number of nitriles is 1. The molecule has 0 bridgehead atoms. The van der Waals surface area contributed by atoms with Gasteiger partial charge in [0.15, 0.2) is 12.1 Å². The highest BCUT2D eigenvalue weighted by Gasteiger charge is 2.47. The fourth-order valence-corrected chi connectivity index (χ4v) is 5.73. The topological polar surface area (TPSA) is 93.5 Å². The molecule has 0 N–H and O–H groups in total. The van der Waals surface area contributed by atoms with Gasteiger partial charge in [0.2, 0.25) is 0 Å². The van der Waals surface area contributed by atoms with E-state index in [0.717, 1.165) is 77.4 Å². The molecule has 10 heteroatoms. The minimum Gasteiger partial charge on any atom is -0.377 e. The lowest BCUT2D eigenvalue weighted by molar-refractivity contribution is -0.0384. The number of hydrogen-bond donors (Lipinski definition) is 0. The van der Waals surface area contributed by atoms with Crippen LogP contribution in [0.2, 0.25) is 0 Å². The van der Waals surface area contributed by atoms with Crippen LogP contribution in [0.1, 0.15) is 50.8 Å². The van der Waals surface area contributed by atoms with E-state index in [1.54, 1.807) is 6.20 Å². The predicted molar refractivity (Wildman–Crippen MR) is 130 cm³/mol. The molecule has 33 heavy (non-hydrogen) atoms. The molecule has 0 amide bonds. The Labute approximate surface area is 205 Å². The van der Waals surface area contributed by atoms with Crippen molar-refractivity contribution in [2.45, 2.75) is 56.7 Å². The lowest BCUT2D eigenvalue weighted by Gasteiger charge is -2.34. The first kappa shape index (κ1) is 21.3. The van der Waals surface area contributed by atoms with Gasteiger partial charge < -0.3 is 14.4 Å². The molecule has 2 saturated heterocycles. The Kier molecular flexibility index (Phi) is 5.31. The van der Waals surface area contributed by atoms with E-state index in [9.17, 15) is 5.26 Å². The van der Waals surface area contributed by atoms with Gasteiger partial charge in [-0.1, -0.05) is 0 Å². The van der Waals surface area contributed by atoms with Gasteiger partial charge in [-0.25, -0.2) is 14.2 Å². The molecule has 3 aromatic heterocycles. The SMILES string of the molecule is CC1COCCN1c1cc(C2(C#N)CC2)c2c(I)nc(-c3ccnn3C3CCCCO3)n2n1. The van der Waals surface area contributed by atoms with E-state index in [1.165, 1.54) is 0 Å². The predicted octanol–water partition coefficient (Wildman–Crippen LogP) is 3.68. The summed E-state index contributed by atoms with van der Waals surface area (Å²) in [5.41, 5.74) is 2.37. The van der Waals surface area contributed by atoms with Crippen molar-refractivity contribution < 1.29 is 9.47 Å². The van der Waals surface area contributed by atoms with Gasteiger partial charge in [0.05, 0.1) is 30.7 Å². The zero-order valence-electron chi connectivity index (χ0n) is 18.6. The lowest BCUT2D eigenvalue weighted by atomic mass is 9.98. The van der Waals surface area contributed by atoms with Gasteiger partial charge in [-0.2, -0.15) is 10.4 Å². The van der Waals surface area contributed by atoms with Crippen LogP contribution in [-0.2, 0) is 14.9 Å². The first-order valence-electron chi connectivity index (χ1n) is 11.6. The molecule has 1 saturated carbocycles. The number of imidazole rings is 1. The van der Waals surface area contributed by atoms with Crippen LogP contribution in [0.3, 0.4) is 0 Å². The van der Waals surface area contributed by atoms with Crippen molar-refractivity contribution in [1.82, 2.24) is 24.4 Å². The van der Waals surface area contributed by atoms with Gasteiger partial charge in [-0.15, -0.1) is 5.10 Å². The molecule has 3 fully saturated rings. The lowest BCUT2D eigenvalue weighted by Crippen LogP contribution is -2.44. The minimum atomic E-state index is -0.460. The Morgan fingerprint density at radius 1 is 1.27 bits per heavy atom. The van der Waals surface area contributed by atoms with E-state index in [0.29, 0.717) is 13.2 Å². The smallest absolute Gasteiger partial charge is 0.181 e. The van der Waals surface area contributed by atoms with Crippen molar-refractivity contribution in [2.24, 2.45) is 0 Å². The van der Waals surface area contributed by atoms with Gasteiger partial charge in [-0.3, -0.25) is 0 Å². The second kappa shape index (κ2) is 8.21. The highest BCUT2D eigenvalue weighted by Crippen LogP contribution is 2.50. The third-order valence-electron chi connectivity index (χ3n) is 7.01. The van der Waals surface area contributed by atoms with Crippen LogP contribution in [-0.4, -0.2) is 56.8 Å². The van der Waals surface area contributed by atoms with Crippen LogP contribution in [0, 0.1) is 15.0 Å². The van der Waals surface area contributed by atoms with Gasteiger partial charge >= 0.3 is 0 Å². The molecule has 6 rings (SSSR count). The van der Waals surface area contributed by atoms with Crippen LogP contribution in [0.4, 0.5) is 5.82 Å². The number of morpholine rings is 1. The number of halogens is 1. The molecule has 5 heterocycles. The first-order chi connectivity index (χ1) is 16.1. The number of anilines is 1. The first-order valence-corrected chi connectivity index (χ1v) is 12.7. The third kappa shape index (κ3) is 3.52. The number of fused-ring (bicyclic) bond motifs is 1. The molecule has 1 aliphatic carbocycles. The second-order valence-electron chi connectivity index (χ2n) is 9.20. The van der Waals surface area contributed by atoms with E-state index < -0.39 is 5.41 Å². The molecule has 2 atom stereocenters. The summed E-state index contributed by atoms with van der Waals surface area (Å²) in [4.78, 5) is 7.22. The average Bonchev–Trinajstić information content (AvgIpc) is 3.37. The average molecular weight is 559 g/mol. The molecule has 9 nitrogen and oxygen atoms in total. The summed E-state index contributed by atoms with van der Waals surface area (Å²) in [5.74, 6) is 1.60. The van der Waals surface area contributed by atoms with Crippen LogP contribution < -0.4 is 4.90 Å². The quantitative estimate of drug-likeness (QED) is 0.451. The summed E-state index contributed by atoms with van der Waals surface area (Å²) in [6.45, 7) is 5.00. The molecular weight excluding hydrogens is 533 g/mol. The zero-order valence-corrected chi connectivity index (χ0v) is 20.7. The van der Waals surface area contributed by atoms with Crippen LogP contribution in [0.15, 0.2) is 18.3 Å². The van der Waals surface area contributed by atoms with Crippen molar-refractivity contribution in [3.63, 3.8) is 0 Å². The monoisotopic (exact) mass is 559 g/mol. The molecule has 2 aliphatic heterocycles. The molecule has 0 spiro atoms. The number of aromatic nitrogens is 5. The Bertz CT molecular complexity index is 1240. The van der Waals surface area contributed by atoms with Gasteiger partial charge in [0.25, 0.3) is 0 Å². The standard InChI is InChI=1S/C23H26IN7O2/c1-15-13-32-11-9-29(15)18-12-16(23(14-25)6-7-23)20-21(24)27-22(31(20)28-18)17-5-8-26-30(17)19-4-2-3-10-33-19/h5,8,12,15,19H,2-4,6-7,9-11,13H2,1H3. The van der Waals surface area contributed by atoms with E-state index >= 15 is 0 Å². The maximum Gasteiger partial charge on any atom is 0.181 e. The number of ether oxygens (including phenoxy) is 2. The van der Waals surface area contributed by atoms with Gasteiger partial charge in [0.1, 0.15) is 20.7 Å². The van der Waals surface area contributed by atoms with Crippen molar-refractivity contribution in [3.8, 4) is 17.6 Å². The Hall–Kier alpha value is -2.23. The summed E-state index contributed by atoms with van der Waals surface area (Å²) < 4.78 is 16.4. The summed E-state index contributed by atoms with van der Waals surface area (Å²) in [6.07, 6.45) is 6.58. The molecule has 3 aliphatic rings. The Morgan fingerprint density at radius 2 is 2.15 bits per heavy atom. The van der Waals surface area contributed by atoms with Crippen LogP contribution in [0.25, 0.3) is 17.0 Å². The molecule has 0 aromatic carbocycles. The highest BCUT2D eigenvalue weighted by atomic mass is 127. The summed E-state index contributed by atoms with van der Waals surface area (Å²) in [6, 6.07) is 6.88. The van der Waals surface area contributed by atoms with Crippen LogP contribution >= 0.6 is 22.6 Å². The summed E-state index contributed by atoms with van der Waals surface area (Å²) >= 11 is 2.27. The maximum atomic E-state index is 10.1. The fourth-order valence-electron chi connectivity index (χ4n) is 4.98. The normalized spacial score (nSPS) is 24.7. The largest absolute Gasteiger partial charge is 0.377 e. The molecule has 0 radical (unpaired) electrons. The summed E-state index contributed by atoms with van der Waals surface area (Å²) in [5, 5.41) is 19.7. The van der Waals surface area contributed by atoms with Crippen molar-refractivity contribution >= 4 is 33.9 Å². The van der Waals surface area contributed by atoms with Gasteiger partial charge in [0, 0.05) is 24.9 Å². The highest BCUT2D eigenvalue weighted by molar-refractivity contribution is 14.1. The Morgan fingerprint density at radius 3 is 2.88 bits per heavy atom. The second-order valence-corrected chi connectivity index (χ2v) is 10.2. The Balaban J connectivity index is 1.55. The summed E-state index contributed by atoms with van der Waals surface area (Å²) in [7, 11) is 0. The molecule has 2 unspecified atom stereocenters. The number of rotatable bonds is 4. The van der Waals surface area contributed by atoms with E-state index in [4.69, 9.17) is 19.6 Å². The number of nitrogens with zero attached hydrogens (tertiary/aromatic N) is 7. The maximum absolute atomic E-state index is 10.1. The van der Waals surface area contributed by atoms with Gasteiger partial charge in [-0.05, 0) is 73.8 Å². The zero-order chi connectivity index (χ0) is 22.6. The van der Waals surface area contributed by atoms with Crippen molar-refractivity contribution in [3.05, 3.63) is 27.6 Å². The van der Waals surface area contributed by atoms with E-state index in [-0.39, 0.29) is 12.3 Å². The van der Waals surface area contributed by atoms with Crippen molar-refractivity contribution in [2.75, 3.05) is 31.3 Å². The number of hydrogen-bond acceptors (Lipinski definition) is 7. The van der Waals surface area contributed by atoms with E-state index in [2.05, 4.69) is 51.6 Å².